The Balaban J connectivity index is 2.11. The van der Waals surface area contributed by atoms with Gasteiger partial charge in [-0.05, 0) is 31.2 Å². The van der Waals surface area contributed by atoms with E-state index in [1.807, 2.05) is 6.92 Å². The molecule has 2 aromatic rings. The van der Waals surface area contributed by atoms with Crippen molar-refractivity contribution in [3.63, 3.8) is 0 Å². The predicted octanol–water partition coefficient (Wildman–Crippen LogP) is 1.71. The summed E-state index contributed by atoms with van der Waals surface area (Å²) >= 11 is 0. The summed E-state index contributed by atoms with van der Waals surface area (Å²) in [7, 11) is -2.76. The van der Waals surface area contributed by atoms with Crippen LogP contribution in [0.1, 0.15) is 5.56 Å². The molecule has 2 unspecified atom stereocenters. The largest absolute Gasteiger partial charge is 0.757 e. The van der Waals surface area contributed by atoms with Crippen LogP contribution < -0.4 is 20.6 Å². The predicted molar refractivity (Wildman–Crippen MR) is 94.8 cm³/mol. The Labute approximate surface area is 145 Å². The lowest BCUT2D eigenvalue weighted by Crippen LogP contribution is -2.60. The minimum atomic E-state index is -4.17. The van der Waals surface area contributed by atoms with Crippen molar-refractivity contribution in [1.29, 1.82) is 0 Å². The van der Waals surface area contributed by atoms with Gasteiger partial charge in [0, 0.05) is 6.07 Å². The Morgan fingerprint density at radius 2 is 1.68 bits per heavy atom. The number of aryl methyl sites for hydroxylation is 1. The molecule has 25 heavy (non-hydrogen) atoms. The molecule has 0 spiro atoms. The highest BCUT2D eigenvalue weighted by Gasteiger charge is 2.39. The average Bonchev–Trinajstić information content (AvgIpc) is 2.59. The van der Waals surface area contributed by atoms with Gasteiger partial charge in [0.2, 0.25) is 9.84 Å². The number of nitrogens with two attached hydrogens (primary N) is 1. The number of anilines is 2. The molecule has 2 N–H and O–H groups in total. The van der Waals surface area contributed by atoms with Crippen LogP contribution in [0.25, 0.3) is 0 Å². The first kappa shape index (κ1) is 17.5. The van der Waals surface area contributed by atoms with Gasteiger partial charge in [-0.2, -0.15) is 0 Å². The number of ether oxygens (including phenoxy) is 1. The van der Waals surface area contributed by atoms with E-state index in [2.05, 4.69) is 0 Å². The second kappa shape index (κ2) is 6.19. The highest BCUT2D eigenvalue weighted by atomic mass is 32.2. The number of hydroxylamine groups is 2. The first-order valence-corrected chi connectivity index (χ1v) is 8.99. The third kappa shape index (κ3) is 2.81. The Bertz CT molecular complexity index is 885. The van der Waals surface area contributed by atoms with Gasteiger partial charge in [-0.15, -0.1) is 0 Å². The molecule has 0 radical (unpaired) electrons. The fourth-order valence-electron chi connectivity index (χ4n) is 2.72. The quantitative estimate of drug-likeness (QED) is 0.874. The molecule has 8 nitrogen and oxygen atoms in total. The number of benzene rings is 2. The lowest BCUT2D eigenvalue weighted by atomic mass is 10.2. The summed E-state index contributed by atoms with van der Waals surface area (Å²) < 4.78 is 30.9. The van der Waals surface area contributed by atoms with E-state index in [9.17, 15) is 18.8 Å². The van der Waals surface area contributed by atoms with Gasteiger partial charge in [0.25, 0.3) is 0 Å². The van der Waals surface area contributed by atoms with Crippen LogP contribution in [0, 0.1) is 17.3 Å². The third-order valence-corrected chi connectivity index (χ3v) is 6.15. The van der Waals surface area contributed by atoms with Crippen LogP contribution >= 0.6 is 0 Å². The fraction of sp³-hybridized carbons (Fsp3) is 0.250. The Kier molecular flexibility index (Phi) is 4.33. The Morgan fingerprint density at radius 3 is 2.28 bits per heavy atom. The number of nitrogens with zero attached hydrogens (tertiary/aromatic N) is 2. The van der Waals surface area contributed by atoms with E-state index in [0.717, 1.165) is 5.56 Å². The maximum absolute atomic E-state index is 12.9. The molecule has 1 aliphatic heterocycles. The standard InChI is InChI=1S/C16H17N3O5S/c1-10-3-6-12(7-4-10)25(22,23)16-15(17)18(20)13-8-5-11(24-2)9-14(13)19(16)21/h3-9,15-16H,17H2,1-2H3/q-2. The van der Waals surface area contributed by atoms with Crippen molar-refractivity contribution in [2.75, 3.05) is 17.2 Å². The van der Waals surface area contributed by atoms with Gasteiger partial charge in [0.15, 0.2) is 5.37 Å². The van der Waals surface area contributed by atoms with Gasteiger partial charge in [-0.25, -0.2) is 8.42 Å². The van der Waals surface area contributed by atoms with E-state index in [-0.39, 0.29) is 21.3 Å². The lowest BCUT2D eigenvalue weighted by Gasteiger charge is -2.54. The average molecular weight is 363 g/mol. The Morgan fingerprint density at radius 1 is 1.04 bits per heavy atom. The van der Waals surface area contributed by atoms with Crippen LogP contribution in [0.3, 0.4) is 0 Å². The van der Waals surface area contributed by atoms with Gasteiger partial charge in [-0.1, -0.05) is 17.7 Å². The molecule has 2 aromatic carbocycles. The van der Waals surface area contributed by atoms with Crippen molar-refractivity contribution in [1.82, 2.24) is 0 Å². The zero-order valence-corrected chi connectivity index (χ0v) is 14.4. The van der Waals surface area contributed by atoms with Gasteiger partial charge in [0.05, 0.1) is 23.4 Å². The molecule has 1 aliphatic rings. The summed E-state index contributed by atoms with van der Waals surface area (Å²) in [5.74, 6) is 0.329. The van der Waals surface area contributed by atoms with Gasteiger partial charge >= 0.3 is 0 Å². The topological polar surface area (TPSA) is 122 Å². The van der Waals surface area contributed by atoms with E-state index < -0.39 is 21.4 Å². The van der Waals surface area contributed by atoms with Crippen LogP contribution in [0.5, 0.6) is 5.75 Å². The van der Waals surface area contributed by atoms with Crippen LogP contribution in [0.2, 0.25) is 0 Å². The molecule has 0 aromatic heterocycles. The van der Waals surface area contributed by atoms with Gasteiger partial charge in [-0.3, -0.25) is 0 Å². The monoisotopic (exact) mass is 363 g/mol. The summed E-state index contributed by atoms with van der Waals surface area (Å²) in [6.07, 6.45) is -1.57. The molecule has 0 fully saturated rings. The third-order valence-electron chi connectivity index (χ3n) is 4.12. The molecule has 0 saturated carbocycles. The minimum absolute atomic E-state index is 0.00124. The zero-order valence-electron chi connectivity index (χ0n) is 13.6. The van der Waals surface area contributed by atoms with E-state index >= 15 is 0 Å². The smallest absolute Gasteiger partial charge is 0.202 e. The molecule has 0 bridgehead atoms. The number of rotatable bonds is 3. The number of sulfone groups is 1. The molecule has 9 heteroatoms. The summed E-state index contributed by atoms with van der Waals surface area (Å²) in [4.78, 5) is -0.0702. The molecule has 0 saturated heterocycles. The molecule has 2 atom stereocenters. The number of hydrogen-bond acceptors (Lipinski definition) is 8. The fourth-order valence-corrected chi connectivity index (χ4v) is 4.36. The molecule has 0 amide bonds. The lowest BCUT2D eigenvalue weighted by molar-refractivity contribution is 0.414. The second-order valence-corrected chi connectivity index (χ2v) is 7.79. The van der Waals surface area contributed by atoms with Crippen molar-refractivity contribution in [2.45, 2.75) is 23.4 Å². The van der Waals surface area contributed by atoms with Crippen LogP contribution in [-0.2, 0) is 9.84 Å². The van der Waals surface area contributed by atoms with Crippen molar-refractivity contribution >= 4 is 21.2 Å². The van der Waals surface area contributed by atoms with E-state index in [1.165, 1.54) is 37.4 Å². The first-order valence-electron chi connectivity index (χ1n) is 7.44. The molecular weight excluding hydrogens is 346 g/mol. The van der Waals surface area contributed by atoms with Crippen LogP contribution in [0.15, 0.2) is 47.4 Å². The van der Waals surface area contributed by atoms with Crippen molar-refractivity contribution in [2.24, 2.45) is 5.73 Å². The SMILES string of the molecule is COc1ccc2c(c1)N([O-])C(S(=O)(=O)c1ccc(C)cc1)C(N)N2[O-]. The van der Waals surface area contributed by atoms with E-state index in [0.29, 0.717) is 10.8 Å². The summed E-state index contributed by atoms with van der Waals surface area (Å²) in [6.45, 7) is 1.81. The number of fused-ring (bicyclic) bond motifs is 1. The summed E-state index contributed by atoms with van der Waals surface area (Å²) in [6, 6.07) is 10.2. The Hall–Kier alpha value is -2.33. The van der Waals surface area contributed by atoms with Crippen LogP contribution in [-0.4, -0.2) is 27.1 Å². The maximum atomic E-state index is 12.9. The van der Waals surface area contributed by atoms with Crippen molar-refractivity contribution < 1.29 is 13.2 Å². The van der Waals surface area contributed by atoms with E-state index in [1.54, 1.807) is 12.1 Å². The van der Waals surface area contributed by atoms with E-state index in [4.69, 9.17) is 10.5 Å². The normalized spacial score (nSPS) is 20.4. The highest BCUT2D eigenvalue weighted by Crippen LogP contribution is 2.41. The highest BCUT2D eigenvalue weighted by molar-refractivity contribution is 7.92. The molecule has 134 valence electrons. The molecule has 3 rings (SSSR count). The molecular formula is C16H17N3O5S-2. The van der Waals surface area contributed by atoms with Crippen LogP contribution in [0.4, 0.5) is 11.4 Å². The number of methoxy groups -OCH3 is 1. The minimum Gasteiger partial charge on any atom is -0.757 e. The van der Waals surface area contributed by atoms with Gasteiger partial charge in [0.1, 0.15) is 11.9 Å². The van der Waals surface area contributed by atoms with Gasteiger partial charge < -0.3 is 31.0 Å². The maximum Gasteiger partial charge on any atom is 0.202 e. The second-order valence-electron chi connectivity index (χ2n) is 5.75. The summed E-state index contributed by atoms with van der Waals surface area (Å²) in [5.41, 5.74) is 6.58. The zero-order chi connectivity index (χ0) is 18.4. The molecule has 1 heterocycles. The molecule has 0 aliphatic carbocycles. The number of hydrogen-bond donors (Lipinski definition) is 1. The van der Waals surface area contributed by atoms with Crippen molar-refractivity contribution in [3.05, 3.63) is 58.4 Å². The summed E-state index contributed by atoms with van der Waals surface area (Å²) in [5, 5.41) is 24.0. The van der Waals surface area contributed by atoms with Crippen molar-refractivity contribution in [3.8, 4) is 5.75 Å². The first-order chi connectivity index (χ1) is 11.8.